The number of nitrogens with zero attached hydrogens (tertiary/aromatic N) is 2. The van der Waals surface area contributed by atoms with Crippen molar-refractivity contribution in [3.63, 3.8) is 0 Å². The lowest BCUT2D eigenvalue weighted by Crippen LogP contribution is -2.36. The second-order valence-electron chi connectivity index (χ2n) is 7.55. The second-order valence-corrected chi connectivity index (χ2v) is 7.55. The van der Waals surface area contributed by atoms with E-state index in [1.807, 2.05) is 6.07 Å². The van der Waals surface area contributed by atoms with Crippen molar-refractivity contribution in [2.24, 2.45) is 4.99 Å². The number of hydrogen-bond acceptors (Lipinski definition) is 3. The lowest BCUT2D eigenvalue weighted by molar-refractivity contribution is -0.180. The first-order valence-corrected chi connectivity index (χ1v) is 9.43. The number of nitrogens with one attached hydrogen (secondary N) is 1. The van der Waals surface area contributed by atoms with Crippen LogP contribution in [0.15, 0.2) is 70.5 Å². The third kappa shape index (κ3) is 4.79. The molecule has 0 fully saturated rings. The minimum absolute atomic E-state index is 0.103. The van der Waals surface area contributed by atoms with Gasteiger partial charge in [-0.15, -0.1) is 0 Å². The fraction of sp³-hybridized carbons (Fsp3) is 0.217. The number of carbonyl (C=O) groups is 1. The van der Waals surface area contributed by atoms with Gasteiger partial charge in [-0.2, -0.15) is 13.2 Å². The Morgan fingerprint density at radius 2 is 1.61 bits per heavy atom. The summed E-state index contributed by atoms with van der Waals surface area (Å²) in [6.07, 6.45) is -4.39. The maximum Gasteiger partial charge on any atom is 0.397 e. The zero-order valence-corrected chi connectivity index (χ0v) is 17.1. The molecule has 0 aliphatic heterocycles. The number of amides is 1. The van der Waals surface area contributed by atoms with Crippen LogP contribution in [0.5, 0.6) is 0 Å². The summed E-state index contributed by atoms with van der Waals surface area (Å²) in [6, 6.07) is 15.6. The molecule has 8 heteroatoms. The summed E-state index contributed by atoms with van der Waals surface area (Å²) >= 11 is 0. The van der Waals surface area contributed by atoms with Crippen molar-refractivity contribution in [1.82, 2.24) is 9.97 Å². The number of carbonyl (C=O) groups excluding carboxylic acids is 1. The van der Waals surface area contributed by atoms with Gasteiger partial charge in [-0.25, -0.2) is 9.98 Å². The largest absolute Gasteiger partial charge is 0.397 e. The van der Waals surface area contributed by atoms with Crippen molar-refractivity contribution < 1.29 is 18.0 Å². The molecular formula is C23H20F3N3O2. The number of aliphatic imine (C=N–C) groups is 1. The smallest absolute Gasteiger partial charge is 0.306 e. The molecule has 0 saturated carbocycles. The van der Waals surface area contributed by atoms with Crippen LogP contribution in [0.3, 0.4) is 0 Å². The molecule has 0 bridgehead atoms. The van der Waals surface area contributed by atoms with Gasteiger partial charge in [0.1, 0.15) is 11.5 Å². The summed E-state index contributed by atoms with van der Waals surface area (Å²) in [4.78, 5) is 35.3. The highest BCUT2D eigenvalue weighted by molar-refractivity contribution is 6.08. The predicted molar refractivity (Wildman–Crippen MR) is 112 cm³/mol. The van der Waals surface area contributed by atoms with E-state index in [9.17, 15) is 22.8 Å². The molecule has 0 aliphatic carbocycles. The highest BCUT2D eigenvalue weighted by Crippen LogP contribution is 2.40. The molecule has 1 N–H and O–H groups in total. The van der Waals surface area contributed by atoms with Gasteiger partial charge in [0.25, 0.3) is 11.5 Å². The number of halogens is 3. The van der Waals surface area contributed by atoms with E-state index in [1.165, 1.54) is 24.3 Å². The number of H-pyrrole nitrogens is 1. The zero-order valence-electron chi connectivity index (χ0n) is 17.1. The topological polar surface area (TPSA) is 75.2 Å². The van der Waals surface area contributed by atoms with Gasteiger partial charge in [0.05, 0.1) is 5.41 Å². The average Bonchev–Trinajstić information content (AvgIpc) is 2.73. The Morgan fingerprint density at radius 1 is 1.00 bits per heavy atom. The van der Waals surface area contributed by atoms with Crippen LogP contribution in [-0.2, 0) is 5.41 Å². The first-order valence-electron chi connectivity index (χ1n) is 9.43. The van der Waals surface area contributed by atoms with Crippen molar-refractivity contribution in [2.75, 3.05) is 0 Å². The van der Waals surface area contributed by atoms with Gasteiger partial charge >= 0.3 is 6.18 Å². The molecule has 0 spiro atoms. The van der Waals surface area contributed by atoms with Gasteiger partial charge in [0.2, 0.25) is 0 Å². The van der Waals surface area contributed by atoms with E-state index in [1.54, 1.807) is 31.2 Å². The first kappa shape index (κ1) is 22.1. The lowest BCUT2D eigenvalue weighted by atomic mass is 9.83. The van der Waals surface area contributed by atoms with Gasteiger partial charge in [-0.3, -0.25) is 9.59 Å². The summed E-state index contributed by atoms with van der Waals surface area (Å²) in [6.45, 7) is 3.78. The minimum atomic E-state index is -4.39. The molecule has 0 saturated heterocycles. The molecule has 5 nitrogen and oxygen atoms in total. The molecule has 1 aromatic heterocycles. The van der Waals surface area contributed by atoms with Crippen molar-refractivity contribution >= 4 is 11.6 Å². The summed E-state index contributed by atoms with van der Waals surface area (Å²) in [5.74, 6) is -0.483. The van der Waals surface area contributed by atoms with E-state index < -0.39 is 23.1 Å². The summed E-state index contributed by atoms with van der Waals surface area (Å²) < 4.78 is 39.7. The highest BCUT2D eigenvalue weighted by atomic mass is 19.4. The number of aromatic nitrogens is 2. The molecule has 3 rings (SSSR count). The quantitative estimate of drug-likeness (QED) is 0.600. The zero-order chi connectivity index (χ0) is 22.8. The van der Waals surface area contributed by atoms with E-state index in [0.29, 0.717) is 16.8 Å². The first-order chi connectivity index (χ1) is 14.5. The van der Waals surface area contributed by atoms with Crippen LogP contribution in [-0.4, -0.2) is 27.8 Å². The standard InChI is InChI=1S/C23H20F3N3O2/c1-14(15-9-11-17(12-10-15)22(2,3)23(24,25)26)27-21(31)18-13-19(30)29-20(28-18)16-7-5-4-6-8-16/h4-13H,1-3H3,(H,28,29,30). The van der Waals surface area contributed by atoms with Crippen LogP contribution in [0.25, 0.3) is 11.4 Å². The summed E-state index contributed by atoms with van der Waals surface area (Å²) in [5.41, 5.74) is -1.10. The van der Waals surface area contributed by atoms with Crippen LogP contribution < -0.4 is 5.56 Å². The van der Waals surface area contributed by atoms with E-state index in [4.69, 9.17) is 0 Å². The molecule has 0 unspecified atom stereocenters. The van der Waals surface area contributed by atoms with E-state index in [0.717, 1.165) is 19.9 Å². The second kappa shape index (κ2) is 8.29. The van der Waals surface area contributed by atoms with Crippen molar-refractivity contribution in [2.45, 2.75) is 32.4 Å². The lowest BCUT2D eigenvalue weighted by Gasteiger charge is -2.28. The van der Waals surface area contributed by atoms with Gasteiger partial charge in [-0.1, -0.05) is 54.6 Å². The third-order valence-corrected chi connectivity index (χ3v) is 5.01. The molecule has 160 valence electrons. The van der Waals surface area contributed by atoms with Gasteiger partial charge < -0.3 is 4.98 Å². The number of alkyl halides is 3. The molecule has 0 radical (unpaired) electrons. The summed E-state index contributed by atoms with van der Waals surface area (Å²) in [5, 5.41) is 0. The Balaban J connectivity index is 1.88. The number of hydrogen-bond donors (Lipinski definition) is 1. The Labute approximate surface area is 176 Å². The number of benzene rings is 2. The fourth-order valence-corrected chi connectivity index (χ4v) is 2.87. The van der Waals surface area contributed by atoms with Crippen LogP contribution in [0.2, 0.25) is 0 Å². The van der Waals surface area contributed by atoms with Gasteiger partial charge in [0, 0.05) is 17.3 Å². The Kier molecular flexibility index (Phi) is 5.92. The van der Waals surface area contributed by atoms with Crippen LogP contribution >= 0.6 is 0 Å². The maximum absolute atomic E-state index is 13.2. The Morgan fingerprint density at radius 3 is 2.19 bits per heavy atom. The van der Waals surface area contributed by atoms with Crippen molar-refractivity contribution in [3.05, 3.63) is 87.8 Å². The highest BCUT2D eigenvalue weighted by Gasteiger charge is 2.48. The Hall–Kier alpha value is -3.55. The number of aromatic amines is 1. The normalized spacial score (nSPS) is 12.6. The Bertz CT molecular complexity index is 1180. The molecule has 31 heavy (non-hydrogen) atoms. The molecule has 1 amide bonds. The van der Waals surface area contributed by atoms with E-state index in [-0.39, 0.29) is 17.1 Å². The molecular weight excluding hydrogens is 407 g/mol. The van der Waals surface area contributed by atoms with E-state index >= 15 is 0 Å². The summed E-state index contributed by atoms with van der Waals surface area (Å²) in [7, 11) is 0. The van der Waals surface area contributed by atoms with Crippen LogP contribution in [0, 0.1) is 0 Å². The van der Waals surface area contributed by atoms with Gasteiger partial charge in [0.15, 0.2) is 0 Å². The monoisotopic (exact) mass is 427 g/mol. The van der Waals surface area contributed by atoms with Crippen molar-refractivity contribution in [3.8, 4) is 11.4 Å². The molecule has 0 atom stereocenters. The van der Waals surface area contributed by atoms with Crippen LogP contribution in [0.1, 0.15) is 42.4 Å². The van der Waals surface area contributed by atoms with E-state index in [2.05, 4.69) is 15.0 Å². The molecule has 0 aliphatic rings. The average molecular weight is 427 g/mol. The minimum Gasteiger partial charge on any atom is -0.306 e. The molecule has 3 aromatic rings. The van der Waals surface area contributed by atoms with Gasteiger partial charge in [-0.05, 0) is 31.9 Å². The third-order valence-electron chi connectivity index (χ3n) is 5.01. The van der Waals surface area contributed by atoms with Crippen LogP contribution in [0.4, 0.5) is 13.2 Å². The van der Waals surface area contributed by atoms with Crippen molar-refractivity contribution in [1.29, 1.82) is 0 Å². The molecule has 1 heterocycles. The maximum atomic E-state index is 13.2. The fourth-order valence-electron chi connectivity index (χ4n) is 2.87. The number of rotatable bonds is 4. The SMILES string of the molecule is CC(=NC(=O)c1cc(=O)[nH]c(-c2ccccc2)n1)c1ccc(C(C)(C)C(F)(F)F)cc1. The molecule has 2 aromatic carbocycles. The predicted octanol–water partition coefficient (Wildman–Crippen LogP) is 4.93.